The second kappa shape index (κ2) is 13.7. The van der Waals surface area contributed by atoms with Gasteiger partial charge in [-0.05, 0) is 117 Å². The summed E-state index contributed by atoms with van der Waals surface area (Å²) >= 11 is 1.86. The van der Waals surface area contributed by atoms with E-state index in [-0.39, 0.29) is 0 Å². The summed E-state index contributed by atoms with van der Waals surface area (Å²) in [5, 5.41) is 7.43. The van der Waals surface area contributed by atoms with Gasteiger partial charge in [-0.15, -0.1) is 11.3 Å². The van der Waals surface area contributed by atoms with E-state index in [2.05, 4.69) is 229 Å². The van der Waals surface area contributed by atoms with Gasteiger partial charge >= 0.3 is 0 Å². The van der Waals surface area contributed by atoms with Crippen molar-refractivity contribution in [3.8, 4) is 22.3 Å². The van der Waals surface area contributed by atoms with Gasteiger partial charge in [-0.3, -0.25) is 0 Å². The van der Waals surface area contributed by atoms with E-state index in [0.29, 0.717) is 0 Å². The predicted molar refractivity (Wildman–Crippen MR) is 262 cm³/mol. The van der Waals surface area contributed by atoms with Gasteiger partial charge in [0.05, 0.1) is 5.41 Å². The first-order chi connectivity index (χ1) is 30.7. The third-order valence-corrected chi connectivity index (χ3v) is 14.3. The highest BCUT2D eigenvalue weighted by atomic mass is 32.1. The second-order valence-electron chi connectivity index (χ2n) is 16.4. The van der Waals surface area contributed by atoms with Crippen molar-refractivity contribution in [2.45, 2.75) is 5.41 Å². The Morgan fingerprint density at radius 2 is 0.984 bits per heavy atom. The van der Waals surface area contributed by atoms with Gasteiger partial charge in [0.25, 0.3) is 0 Å². The molecule has 0 fully saturated rings. The number of para-hydroxylation sites is 1. The van der Waals surface area contributed by atoms with Crippen molar-refractivity contribution in [2.24, 2.45) is 0 Å². The van der Waals surface area contributed by atoms with E-state index in [4.69, 9.17) is 4.42 Å². The van der Waals surface area contributed by atoms with Gasteiger partial charge in [0, 0.05) is 53.4 Å². The van der Waals surface area contributed by atoms with Crippen LogP contribution in [0.1, 0.15) is 22.3 Å². The topological polar surface area (TPSA) is 16.4 Å². The molecule has 0 saturated heterocycles. The third-order valence-electron chi connectivity index (χ3n) is 13.1. The molecule has 0 aliphatic heterocycles. The average Bonchev–Trinajstić information content (AvgIpc) is 4.01. The number of hydrogen-bond donors (Lipinski definition) is 0. The fraction of sp³-hybridized carbons (Fsp3) is 0.0169. The Kier molecular flexibility index (Phi) is 7.72. The van der Waals surface area contributed by atoms with Crippen molar-refractivity contribution < 1.29 is 4.42 Å². The molecule has 0 radical (unpaired) electrons. The first-order valence-corrected chi connectivity index (χ1v) is 22.1. The number of nitrogens with zero attached hydrogens (tertiary/aromatic N) is 1. The number of anilines is 3. The van der Waals surface area contributed by atoms with E-state index in [1.54, 1.807) is 0 Å². The molecule has 1 aliphatic rings. The Labute approximate surface area is 363 Å². The van der Waals surface area contributed by atoms with E-state index < -0.39 is 5.41 Å². The summed E-state index contributed by atoms with van der Waals surface area (Å²) in [4.78, 5) is 2.39. The van der Waals surface area contributed by atoms with Gasteiger partial charge in [0.15, 0.2) is 0 Å². The maximum atomic E-state index is 6.56. The first-order valence-electron chi connectivity index (χ1n) is 21.2. The smallest absolute Gasteiger partial charge is 0.136 e. The fourth-order valence-electron chi connectivity index (χ4n) is 10.5. The van der Waals surface area contributed by atoms with Gasteiger partial charge < -0.3 is 9.32 Å². The zero-order valence-corrected chi connectivity index (χ0v) is 34.4. The Bertz CT molecular complexity index is 3630. The summed E-state index contributed by atoms with van der Waals surface area (Å²) in [6.07, 6.45) is 0. The quantitative estimate of drug-likeness (QED) is 0.166. The largest absolute Gasteiger partial charge is 0.456 e. The molecule has 0 amide bonds. The van der Waals surface area contributed by atoms with Gasteiger partial charge in [0.2, 0.25) is 0 Å². The van der Waals surface area contributed by atoms with Crippen LogP contribution in [0.5, 0.6) is 0 Å². The van der Waals surface area contributed by atoms with Crippen LogP contribution < -0.4 is 4.90 Å². The molecule has 2 aromatic heterocycles. The van der Waals surface area contributed by atoms with Crippen LogP contribution in [-0.4, -0.2) is 0 Å². The standard InChI is InChI=1S/C59H37NOS/c1-4-14-41(15-5-1)59(42-16-6-2-7-17-42)50-22-12-10-20-46(50)47-32-31-45(37-51(47)59)60(43-18-8-3-9-19-43)44-29-24-38(25-30-44)40-27-33-52-49(36-40)57-53(61-52)34-26-39-28-35-55-58(56(39)57)48-21-11-13-23-54(48)62-55/h1-37H. The summed E-state index contributed by atoms with van der Waals surface area (Å²) in [5.41, 5.74) is 14.6. The van der Waals surface area contributed by atoms with Crippen LogP contribution >= 0.6 is 11.3 Å². The maximum Gasteiger partial charge on any atom is 0.136 e. The van der Waals surface area contributed by atoms with E-state index in [0.717, 1.165) is 44.7 Å². The number of fused-ring (bicyclic) bond motifs is 12. The number of rotatable bonds is 6. The molecule has 2 heterocycles. The lowest BCUT2D eigenvalue weighted by atomic mass is 9.67. The van der Waals surface area contributed by atoms with Gasteiger partial charge in [-0.1, -0.05) is 158 Å². The van der Waals surface area contributed by atoms with Crippen LogP contribution in [0.2, 0.25) is 0 Å². The lowest BCUT2D eigenvalue weighted by Crippen LogP contribution is -2.28. The summed E-state index contributed by atoms with van der Waals surface area (Å²) < 4.78 is 9.16. The van der Waals surface area contributed by atoms with Crippen molar-refractivity contribution in [3.63, 3.8) is 0 Å². The molecular formula is C59H37NOS. The minimum Gasteiger partial charge on any atom is -0.456 e. The van der Waals surface area contributed by atoms with Crippen molar-refractivity contribution in [3.05, 3.63) is 247 Å². The first kappa shape index (κ1) is 35.1. The molecular weight excluding hydrogens is 771 g/mol. The number of benzene rings is 10. The van der Waals surface area contributed by atoms with E-state index in [1.165, 1.54) is 69.7 Å². The average molecular weight is 808 g/mol. The van der Waals surface area contributed by atoms with Crippen molar-refractivity contribution in [1.29, 1.82) is 0 Å². The summed E-state index contributed by atoms with van der Waals surface area (Å²) in [6.45, 7) is 0. The lowest BCUT2D eigenvalue weighted by Gasteiger charge is -2.35. The molecule has 0 unspecified atom stereocenters. The molecule has 62 heavy (non-hydrogen) atoms. The van der Waals surface area contributed by atoms with Crippen molar-refractivity contribution >= 4 is 81.3 Å². The number of thiophene rings is 1. The SMILES string of the molecule is c1ccc(N(c2ccc(-c3ccc4oc5ccc6ccc7sc8ccccc8c7c6c5c4c3)cc2)c2ccc3c(c2)C(c2ccccc2)(c2ccccc2)c2ccccc2-3)cc1. The number of furan rings is 1. The van der Waals surface area contributed by atoms with Crippen molar-refractivity contribution in [1.82, 2.24) is 0 Å². The molecule has 13 rings (SSSR count). The predicted octanol–water partition coefficient (Wildman–Crippen LogP) is 16.6. The van der Waals surface area contributed by atoms with Crippen LogP contribution in [0, 0.1) is 0 Å². The van der Waals surface area contributed by atoms with E-state index in [9.17, 15) is 0 Å². The molecule has 0 atom stereocenters. The molecule has 2 nitrogen and oxygen atoms in total. The molecule has 3 heteroatoms. The molecule has 12 aromatic rings. The normalized spacial score (nSPS) is 13.0. The Morgan fingerprint density at radius 3 is 1.77 bits per heavy atom. The monoisotopic (exact) mass is 807 g/mol. The molecule has 1 aliphatic carbocycles. The van der Waals surface area contributed by atoms with Crippen LogP contribution in [0.15, 0.2) is 229 Å². The number of hydrogen-bond acceptors (Lipinski definition) is 3. The molecule has 10 aromatic carbocycles. The highest BCUT2D eigenvalue weighted by molar-refractivity contribution is 7.26. The second-order valence-corrected chi connectivity index (χ2v) is 17.4. The molecule has 290 valence electrons. The third kappa shape index (κ3) is 5.09. The van der Waals surface area contributed by atoms with Crippen molar-refractivity contribution in [2.75, 3.05) is 4.90 Å². The van der Waals surface area contributed by atoms with Gasteiger partial charge in [0.1, 0.15) is 11.2 Å². The van der Waals surface area contributed by atoms with Gasteiger partial charge in [-0.2, -0.15) is 0 Å². The minimum absolute atomic E-state index is 0.486. The summed E-state index contributed by atoms with van der Waals surface area (Å²) in [5.74, 6) is 0. The van der Waals surface area contributed by atoms with E-state index in [1.807, 2.05) is 11.3 Å². The van der Waals surface area contributed by atoms with E-state index >= 15 is 0 Å². The zero-order chi connectivity index (χ0) is 40.8. The van der Waals surface area contributed by atoms with Crippen LogP contribution in [0.25, 0.3) is 75.1 Å². The van der Waals surface area contributed by atoms with Crippen LogP contribution in [-0.2, 0) is 5.41 Å². The zero-order valence-electron chi connectivity index (χ0n) is 33.6. The summed E-state index contributed by atoms with van der Waals surface area (Å²) in [6, 6.07) is 82.1. The molecule has 0 spiro atoms. The van der Waals surface area contributed by atoms with Gasteiger partial charge in [-0.25, -0.2) is 0 Å². The highest BCUT2D eigenvalue weighted by Crippen LogP contribution is 2.57. The van der Waals surface area contributed by atoms with Crippen LogP contribution in [0.4, 0.5) is 17.1 Å². The molecule has 0 saturated carbocycles. The maximum absolute atomic E-state index is 6.56. The minimum atomic E-state index is -0.486. The Morgan fingerprint density at radius 1 is 0.371 bits per heavy atom. The highest BCUT2D eigenvalue weighted by Gasteiger charge is 2.46. The fourth-order valence-corrected chi connectivity index (χ4v) is 11.6. The Hall–Kier alpha value is -7.72. The molecule has 0 N–H and O–H groups in total. The summed E-state index contributed by atoms with van der Waals surface area (Å²) in [7, 11) is 0. The Balaban J connectivity index is 0.963. The molecule has 0 bridgehead atoms. The van der Waals surface area contributed by atoms with Crippen LogP contribution in [0.3, 0.4) is 0 Å². The lowest BCUT2D eigenvalue weighted by molar-refractivity contribution is 0.669.